The highest BCUT2D eigenvalue weighted by Gasteiger charge is 2.10. The number of benzene rings is 1. The molecule has 19 heavy (non-hydrogen) atoms. The van der Waals surface area contributed by atoms with E-state index in [1.54, 1.807) is 31.4 Å². The van der Waals surface area contributed by atoms with Crippen LogP contribution >= 0.6 is 11.3 Å². The van der Waals surface area contributed by atoms with E-state index in [-0.39, 0.29) is 5.91 Å². The Kier molecular flexibility index (Phi) is 4.16. The number of ether oxygens (including phenoxy) is 1. The number of hydrogen-bond donors (Lipinski definition) is 1. The van der Waals surface area contributed by atoms with E-state index >= 15 is 0 Å². The Bertz CT molecular complexity index is 561. The molecule has 0 unspecified atom stereocenters. The zero-order valence-electron chi connectivity index (χ0n) is 11.1. The van der Waals surface area contributed by atoms with Gasteiger partial charge in [-0.2, -0.15) is 0 Å². The average molecular weight is 276 g/mol. The van der Waals surface area contributed by atoms with Gasteiger partial charge >= 0.3 is 0 Å². The average Bonchev–Trinajstić information content (AvgIpc) is 2.87. The molecule has 1 aromatic carbocycles. The molecule has 1 amide bonds. The van der Waals surface area contributed by atoms with Gasteiger partial charge in [0.1, 0.15) is 5.75 Å². The number of carbonyl (C=O) groups excluding carboxylic acids is 1. The summed E-state index contributed by atoms with van der Waals surface area (Å²) in [6.45, 7) is 4.15. The predicted octanol–water partition coefficient (Wildman–Crippen LogP) is 3.53. The van der Waals surface area contributed by atoms with Crippen molar-refractivity contribution in [1.82, 2.24) is 4.98 Å². The van der Waals surface area contributed by atoms with Crippen LogP contribution in [0.15, 0.2) is 29.6 Å². The molecule has 0 radical (unpaired) electrons. The monoisotopic (exact) mass is 276 g/mol. The van der Waals surface area contributed by atoms with Crippen LogP contribution in [-0.4, -0.2) is 18.0 Å². The molecule has 2 aromatic rings. The summed E-state index contributed by atoms with van der Waals surface area (Å²) in [6.07, 6.45) is 0. The number of nitrogens with zero attached hydrogens (tertiary/aromatic N) is 1. The van der Waals surface area contributed by atoms with Gasteiger partial charge in [0.25, 0.3) is 5.91 Å². The Hall–Kier alpha value is -1.88. The Labute approximate surface area is 116 Å². The number of thiazole rings is 1. The lowest BCUT2D eigenvalue weighted by molar-refractivity contribution is 0.102. The van der Waals surface area contributed by atoms with Crippen molar-refractivity contribution in [2.24, 2.45) is 0 Å². The third-order valence-corrected chi connectivity index (χ3v) is 3.46. The molecule has 5 heteroatoms. The maximum absolute atomic E-state index is 12.0. The minimum absolute atomic E-state index is 0.160. The first kappa shape index (κ1) is 13.5. The molecule has 0 aliphatic rings. The van der Waals surface area contributed by atoms with Crippen molar-refractivity contribution in [2.45, 2.75) is 19.8 Å². The highest BCUT2D eigenvalue weighted by molar-refractivity contribution is 7.14. The number of hydrogen-bond acceptors (Lipinski definition) is 4. The standard InChI is InChI=1S/C14H16N2O2S/c1-9(2)12-8-19-14(15-12)16-13(17)10-4-6-11(18-3)7-5-10/h4-9H,1-3H3,(H,15,16,17). The lowest BCUT2D eigenvalue weighted by Crippen LogP contribution is -2.11. The molecule has 0 bridgehead atoms. The van der Waals surface area contributed by atoms with E-state index in [1.165, 1.54) is 11.3 Å². The molecule has 0 saturated carbocycles. The molecule has 1 aromatic heterocycles. The highest BCUT2D eigenvalue weighted by atomic mass is 32.1. The van der Waals surface area contributed by atoms with Gasteiger partial charge in [-0.1, -0.05) is 13.8 Å². The minimum atomic E-state index is -0.160. The molecule has 0 fully saturated rings. The third kappa shape index (κ3) is 3.32. The number of methoxy groups -OCH3 is 1. The van der Waals surface area contributed by atoms with Gasteiger partial charge in [0, 0.05) is 10.9 Å². The minimum Gasteiger partial charge on any atom is -0.497 e. The molecule has 100 valence electrons. The van der Waals surface area contributed by atoms with Crippen LogP contribution in [0.2, 0.25) is 0 Å². The molecule has 4 nitrogen and oxygen atoms in total. The quantitative estimate of drug-likeness (QED) is 0.929. The van der Waals surface area contributed by atoms with Gasteiger partial charge in [0.05, 0.1) is 12.8 Å². The molecule has 0 saturated heterocycles. The highest BCUT2D eigenvalue weighted by Crippen LogP contribution is 2.22. The van der Waals surface area contributed by atoms with Crippen molar-refractivity contribution in [3.8, 4) is 5.75 Å². The maximum Gasteiger partial charge on any atom is 0.257 e. The van der Waals surface area contributed by atoms with Crippen LogP contribution in [0.4, 0.5) is 5.13 Å². The van der Waals surface area contributed by atoms with Gasteiger partial charge < -0.3 is 4.74 Å². The van der Waals surface area contributed by atoms with E-state index in [9.17, 15) is 4.79 Å². The van der Waals surface area contributed by atoms with Crippen molar-refractivity contribution >= 4 is 22.4 Å². The van der Waals surface area contributed by atoms with Crippen LogP contribution in [0.1, 0.15) is 35.8 Å². The van der Waals surface area contributed by atoms with Crippen LogP contribution in [0, 0.1) is 0 Å². The number of nitrogens with one attached hydrogen (secondary N) is 1. The van der Waals surface area contributed by atoms with E-state index in [0.717, 1.165) is 11.4 Å². The summed E-state index contributed by atoms with van der Waals surface area (Å²) in [4.78, 5) is 16.4. The SMILES string of the molecule is COc1ccc(C(=O)Nc2nc(C(C)C)cs2)cc1. The molecular formula is C14H16N2O2S. The topological polar surface area (TPSA) is 51.2 Å². The number of carbonyl (C=O) groups is 1. The molecule has 0 aliphatic carbocycles. The van der Waals surface area contributed by atoms with E-state index < -0.39 is 0 Å². The van der Waals surface area contributed by atoms with Gasteiger partial charge in [-0.15, -0.1) is 11.3 Å². The lowest BCUT2D eigenvalue weighted by atomic mass is 10.2. The second kappa shape index (κ2) is 5.84. The van der Waals surface area contributed by atoms with Crippen molar-refractivity contribution in [3.05, 3.63) is 40.9 Å². The Morgan fingerprint density at radius 2 is 2.00 bits per heavy atom. The molecular weight excluding hydrogens is 260 g/mol. The van der Waals surface area contributed by atoms with Crippen LogP contribution in [0.3, 0.4) is 0 Å². The summed E-state index contributed by atoms with van der Waals surface area (Å²) in [5.41, 5.74) is 1.58. The van der Waals surface area contributed by atoms with Crippen molar-refractivity contribution < 1.29 is 9.53 Å². The van der Waals surface area contributed by atoms with Crippen LogP contribution in [0.5, 0.6) is 5.75 Å². The summed E-state index contributed by atoms with van der Waals surface area (Å²) in [5.74, 6) is 0.933. The first-order valence-corrected chi connectivity index (χ1v) is 6.89. The van der Waals surface area contributed by atoms with Gasteiger partial charge in [-0.25, -0.2) is 4.98 Å². The second-order valence-corrected chi connectivity index (χ2v) is 5.27. The lowest BCUT2D eigenvalue weighted by Gasteiger charge is -2.03. The predicted molar refractivity (Wildman–Crippen MR) is 77.2 cm³/mol. The third-order valence-electron chi connectivity index (χ3n) is 2.69. The largest absolute Gasteiger partial charge is 0.497 e. The van der Waals surface area contributed by atoms with Gasteiger partial charge in [0.15, 0.2) is 5.13 Å². The molecule has 0 aliphatic heterocycles. The fourth-order valence-corrected chi connectivity index (χ4v) is 2.39. The first-order valence-electron chi connectivity index (χ1n) is 6.01. The summed E-state index contributed by atoms with van der Waals surface area (Å²) < 4.78 is 5.05. The van der Waals surface area contributed by atoms with Crippen molar-refractivity contribution in [3.63, 3.8) is 0 Å². The number of rotatable bonds is 4. The smallest absolute Gasteiger partial charge is 0.257 e. The Morgan fingerprint density at radius 3 is 2.53 bits per heavy atom. The summed E-state index contributed by atoms with van der Waals surface area (Å²) in [6, 6.07) is 6.98. The molecule has 1 heterocycles. The summed E-state index contributed by atoms with van der Waals surface area (Å²) in [7, 11) is 1.60. The second-order valence-electron chi connectivity index (χ2n) is 4.41. The van der Waals surface area contributed by atoms with Gasteiger partial charge in [-0.3, -0.25) is 10.1 Å². The number of anilines is 1. The molecule has 0 spiro atoms. The normalized spacial score (nSPS) is 10.5. The zero-order valence-corrected chi connectivity index (χ0v) is 12.0. The molecule has 0 atom stereocenters. The number of amides is 1. The summed E-state index contributed by atoms with van der Waals surface area (Å²) >= 11 is 1.44. The van der Waals surface area contributed by atoms with Crippen molar-refractivity contribution in [1.29, 1.82) is 0 Å². The molecule has 1 N–H and O–H groups in total. The Balaban J connectivity index is 2.06. The maximum atomic E-state index is 12.0. The van der Waals surface area contributed by atoms with Crippen LogP contribution in [0.25, 0.3) is 0 Å². The molecule has 2 rings (SSSR count). The van der Waals surface area contributed by atoms with E-state index in [1.807, 2.05) is 5.38 Å². The van der Waals surface area contributed by atoms with Crippen LogP contribution < -0.4 is 10.1 Å². The Morgan fingerprint density at radius 1 is 1.32 bits per heavy atom. The zero-order chi connectivity index (χ0) is 13.8. The fourth-order valence-electron chi connectivity index (χ4n) is 1.52. The first-order chi connectivity index (χ1) is 9.10. The fraction of sp³-hybridized carbons (Fsp3) is 0.286. The van der Waals surface area contributed by atoms with Gasteiger partial charge in [0.2, 0.25) is 0 Å². The van der Waals surface area contributed by atoms with Crippen molar-refractivity contribution in [2.75, 3.05) is 12.4 Å². The van der Waals surface area contributed by atoms with E-state index in [2.05, 4.69) is 24.1 Å². The van der Waals surface area contributed by atoms with Crippen LogP contribution in [-0.2, 0) is 0 Å². The van der Waals surface area contributed by atoms with Gasteiger partial charge in [-0.05, 0) is 30.2 Å². The summed E-state index contributed by atoms with van der Waals surface area (Å²) in [5, 5.41) is 5.39. The number of aromatic nitrogens is 1. The van der Waals surface area contributed by atoms with E-state index in [0.29, 0.717) is 16.6 Å². The van der Waals surface area contributed by atoms with E-state index in [4.69, 9.17) is 4.74 Å².